The smallest absolute Gasteiger partial charge is 0.415 e. The molecule has 1 radical (unpaired) electrons. The van der Waals surface area contributed by atoms with E-state index in [0.717, 1.165) is 0 Å². The van der Waals surface area contributed by atoms with E-state index in [1.807, 2.05) is 0 Å². The first kappa shape index (κ1) is 27.0. The molecule has 1 aliphatic heterocycles. The quantitative estimate of drug-likeness (QED) is 0.204. The van der Waals surface area contributed by atoms with Crippen LogP contribution in [-0.4, -0.2) is 60.5 Å². The molecule has 1 saturated heterocycles. The van der Waals surface area contributed by atoms with E-state index in [-0.39, 0.29) is 23.9 Å². The Labute approximate surface area is 199 Å². The van der Waals surface area contributed by atoms with Crippen LogP contribution in [0.4, 0.5) is 4.79 Å². The number of esters is 1. The number of amidine groups is 1. The molecular formula is C24H32N3O7. The van der Waals surface area contributed by atoms with Crippen molar-refractivity contribution in [2.24, 2.45) is 11.3 Å². The van der Waals surface area contributed by atoms with Crippen molar-refractivity contribution in [3.63, 3.8) is 0 Å². The van der Waals surface area contributed by atoms with Crippen LogP contribution in [0.5, 0.6) is 0 Å². The molecule has 185 valence electrons. The molecule has 0 aliphatic carbocycles. The SMILES string of the molecule is CC(CC(=O)c1ccc(C(=N)NC(=O)OCOC(=O)C(C)(C)C)cc1)C(=O)N1CCC([O])CC1. The second-order valence-electron chi connectivity index (χ2n) is 9.36. The van der Waals surface area contributed by atoms with E-state index in [9.17, 15) is 24.3 Å². The molecule has 1 aliphatic rings. The van der Waals surface area contributed by atoms with Crippen LogP contribution in [0.15, 0.2) is 24.3 Å². The van der Waals surface area contributed by atoms with Gasteiger partial charge in [0, 0.05) is 36.6 Å². The molecule has 0 spiro atoms. The van der Waals surface area contributed by atoms with Gasteiger partial charge >= 0.3 is 12.1 Å². The number of benzene rings is 1. The Balaban J connectivity index is 1.82. The predicted octanol–water partition coefficient (Wildman–Crippen LogP) is 2.92. The molecule has 1 heterocycles. The van der Waals surface area contributed by atoms with Crippen LogP contribution in [0.25, 0.3) is 0 Å². The third-order valence-electron chi connectivity index (χ3n) is 5.38. The zero-order chi connectivity index (χ0) is 25.5. The minimum atomic E-state index is -0.958. The van der Waals surface area contributed by atoms with Crippen LogP contribution in [0.3, 0.4) is 0 Å². The van der Waals surface area contributed by atoms with E-state index in [1.165, 1.54) is 24.3 Å². The summed E-state index contributed by atoms with van der Waals surface area (Å²) in [5, 5.41) is 21.6. The summed E-state index contributed by atoms with van der Waals surface area (Å²) >= 11 is 0. The van der Waals surface area contributed by atoms with E-state index < -0.39 is 36.3 Å². The van der Waals surface area contributed by atoms with Gasteiger partial charge < -0.3 is 14.4 Å². The van der Waals surface area contributed by atoms with Gasteiger partial charge in [-0.1, -0.05) is 31.2 Å². The number of amides is 2. The average Bonchev–Trinajstić information content (AvgIpc) is 2.78. The van der Waals surface area contributed by atoms with Crippen molar-refractivity contribution in [1.82, 2.24) is 10.2 Å². The number of likely N-dealkylation sites (tertiary alicyclic amines) is 1. The van der Waals surface area contributed by atoms with Crippen LogP contribution in [-0.2, 0) is 24.2 Å². The molecule has 1 fully saturated rings. The fourth-order valence-corrected chi connectivity index (χ4v) is 3.26. The van der Waals surface area contributed by atoms with Crippen molar-refractivity contribution in [3.8, 4) is 0 Å². The van der Waals surface area contributed by atoms with Crippen molar-refractivity contribution < 1.29 is 33.8 Å². The van der Waals surface area contributed by atoms with Crippen LogP contribution < -0.4 is 5.32 Å². The minimum absolute atomic E-state index is 0.0325. The molecule has 0 bridgehead atoms. The summed E-state index contributed by atoms with van der Waals surface area (Å²) in [6.45, 7) is 6.97. The molecule has 1 aromatic carbocycles. The number of nitrogens with one attached hydrogen (secondary N) is 2. The number of ketones is 1. The summed E-state index contributed by atoms with van der Waals surface area (Å²) in [5.74, 6) is -1.63. The Hall–Kier alpha value is -3.27. The standard InChI is InChI=1S/C24H32N3O7/c1-15(21(30)27-11-9-18(28)10-12-27)13-19(29)16-5-7-17(8-6-16)20(25)26-23(32)34-14-33-22(31)24(2,3)4/h5-8,15,18H,9-14H2,1-4H3,(H2,25,26,32). The van der Waals surface area contributed by atoms with E-state index in [0.29, 0.717) is 37.1 Å². The third kappa shape index (κ3) is 7.95. The molecule has 2 rings (SSSR count). The maximum atomic E-state index is 12.6. The second kappa shape index (κ2) is 11.7. The number of rotatable bonds is 7. The maximum absolute atomic E-state index is 12.6. The van der Waals surface area contributed by atoms with E-state index in [4.69, 9.17) is 14.9 Å². The van der Waals surface area contributed by atoms with Gasteiger partial charge in [0.1, 0.15) is 5.84 Å². The van der Waals surface area contributed by atoms with Crippen LogP contribution in [0.1, 0.15) is 62.9 Å². The topological polar surface area (TPSA) is 146 Å². The summed E-state index contributed by atoms with van der Waals surface area (Å²) in [4.78, 5) is 50.2. The van der Waals surface area contributed by atoms with E-state index in [1.54, 1.807) is 32.6 Å². The van der Waals surface area contributed by atoms with Gasteiger partial charge in [-0.15, -0.1) is 0 Å². The van der Waals surface area contributed by atoms with Crippen LogP contribution in [0, 0.1) is 16.7 Å². The summed E-state index contributed by atoms with van der Waals surface area (Å²) < 4.78 is 9.57. The molecular weight excluding hydrogens is 442 g/mol. The molecule has 1 unspecified atom stereocenters. The van der Waals surface area contributed by atoms with Crippen molar-refractivity contribution in [3.05, 3.63) is 35.4 Å². The second-order valence-corrected chi connectivity index (χ2v) is 9.36. The highest BCUT2D eigenvalue weighted by Crippen LogP contribution is 2.18. The maximum Gasteiger partial charge on any atom is 0.415 e. The summed E-state index contributed by atoms with van der Waals surface area (Å²) in [6.07, 6.45) is -0.682. The first-order valence-corrected chi connectivity index (χ1v) is 11.2. The van der Waals surface area contributed by atoms with Gasteiger partial charge in [-0.3, -0.25) is 25.1 Å². The highest BCUT2D eigenvalue weighted by atomic mass is 16.7. The summed E-state index contributed by atoms with van der Waals surface area (Å²) in [5.41, 5.74) is -0.0121. The normalized spacial score (nSPS) is 15.3. The van der Waals surface area contributed by atoms with Gasteiger partial charge in [-0.25, -0.2) is 9.90 Å². The molecule has 2 N–H and O–H groups in total. The van der Waals surface area contributed by atoms with Crippen molar-refractivity contribution in [1.29, 1.82) is 5.41 Å². The van der Waals surface area contributed by atoms with Gasteiger partial charge in [-0.05, 0) is 33.6 Å². The van der Waals surface area contributed by atoms with Crippen LogP contribution >= 0.6 is 0 Å². The number of carbonyl (C=O) groups excluding carboxylic acids is 4. The lowest BCUT2D eigenvalue weighted by atomic mass is 9.96. The largest absolute Gasteiger partial charge is 0.427 e. The monoisotopic (exact) mass is 474 g/mol. The molecule has 0 saturated carbocycles. The van der Waals surface area contributed by atoms with E-state index >= 15 is 0 Å². The highest BCUT2D eigenvalue weighted by molar-refractivity contribution is 6.05. The Morgan fingerprint density at radius 1 is 1.06 bits per heavy atom. The van der Waals surface area contributed by atoms with Crippen LogP contribution in [0.2, 0.25) is 0 Å². The molecule has 1 aromatic rings. The van der Waals surface area contributed by atoms with Crippen molar-refractivity contribution in [2.75, 3.05) is 19.9 Å². The molecule has 10 nitrogen and oxygen atoms in total. The fourth-order valence-electron chi connectivity index (χ4n) is 3.26. The number of carbonyl (C=O) groups is 4. The Kier molecular flexibility index (Phi) is 9.31. The predicted molar refractivity (Wildman–Crippen MR) is 122 cm³/mol. The zero-order valence-corrected chi connectivity index (χ0v) is 20.0. The number of piperidine rings is 1. The Morgan fingerprint density at radius 3 is 2.18 bits per heavy atom. The van der Waals surface area contributed by atoms with E-state index in [2.05, 4.69) is 5.32 Å². The number of alkyl carbamates (subject to hydrolysis) is 1. The molecule has 0 aromatic heterocycles. The Bertz CT molecular complexity index is 913. The first-order valence-electron chi connectivity index (χ1n) is 11.2. The summed E-state index contributed by atoms with van der Waals surface area (Å²) in [6, 6.07) is 6.04. The van der Waals surface area contributed by atoms with Gasteiger partial charge in [0.25, 0.3) is 0 Å². The zero-order valence-electron chi connectivity index (χ0n) is 20.0. The van der Waals surface area contributed by atoms with Gasteiger partial charge in [-0.2, -0.15) is 0 Å². The van der Waals surface area contributed by atoms with Crippen molar-refractivity contribution >= 4 is 29.6 Å². The number of ether oxygens (including phenoxy) is 2. The first-order chi connectivity index (χ1) is 15.9. The minimum Gasteiger partial charge on any atom is -0.427 e. The number of hydrogen-bond donors (Lipinski definition) is 2. The average molecular weight is 475 g/mol. The number of hydrogen-bond acceptors (Lipinski definition) is 7. The molecule has 10 heteroatoms. The van der Waals surface area contributed by atoms with Crippen molar-refractivity contribution in [2.45, 2.75) is 53.1 Å². The number of Topliss-reactive ketones (excluding diaryl/α,β-unsaturated/α-hetero) is 1. The summed E-state index contributed by atoms with van der Waals surface area (Å²) in [7, 11) is 0. The molecule has 1 atom stereocenters. The lowest BCUT2D eigenvalue weighted by Gasteiger charge is -2.30. The molecule has 34 heavy (non-hydrogen) atoms. The third-order valence-corrected chi connectivity index (χ3v) is 5.38. The lowest BCUT2D eigenvalue weighted by Crippen LogP contribution is -2.42. The fraction of sp³-hybridized carbons (Fsp3) is 0.542. The highest BCUT2D eigenvalue weighted by Gasteiger charge is 2.27. The Morgan fingerprint density at radius 2 is 1.62 bits per heavy atom. The number of nitrogens with zero attached hydrogens (tertiary/aromatic N) is 1. The molecule has 2 amide bonds. The lowest BCUT2D eigenvalue weighted by molar-refractivity contribution is -0.161. The van der Waals surface area contributed by atoms with Gasteiger partial charge in [0.15, 0.2) is 5.78 Å². The van der Waals surface area contributed by atoms with Gasteiger partial charge in [0.05, 0.1) is 11.5 Å². The van der Waals surface area contributed by atoms with Gasteiger partial charge in [0.2, 0.25) is 12.7 Å².